The predicted octanol–water partition coefficient (Wildman–Crippen LogP) is 1.62. The lowest BCUT2D eigenvalue weighted by Gasteiger charge is -2.33. The topological polar surface area (TPSA) is 52.6 Å². The van der Waals surface area contributed by atoms with Crippen molar-refractivity contribution in [2.45, 2.75) is 19.5 Å². The maximum atomic E-state index is 11.2. The highest BCUT2D eigenvalue weighted by atomic mass is 79.9. The Labute approximate surface area is 115 Å². The van der Waals surface area contributed by atoms with E-state index in [0.29, 0.717) is 13.1 Å². The number of halogens is 1. The first-order valence-corrected chi connectivity index (χ1v) is 6.80. The average Bonchev–Trinajstić information content (AvgIpc) is 2.34. The Bertz CT molecular complexity index is 451. The van der Waals surface area contributed by atoms with Gasteiger partial charge in [-0.05, 0) is 24.1 Å². The van der Waals surface area contributed by atoms with E-state index in [1.165, 1.54) is 5.56 Å². The zero-order valence-electron chi connectivity index (χ0n) is 10.3. The smallest absolute Gasteiger partial charge is 0.322 e. The summed E-state index contributed by atoms with van der Waals surface area (Å²) < 4.78 is 1.08. The van der Waals surface area contributed by atoms with Crippen LogP contribution in [0.2, 0.25) is 0 Å². The Morgan fingerprint density at radius 3 is 3.06 bits per heavy atom. The Hall–Kier alpha value is -0.910. The van der Waals surface area contributed by atoms with E-state index in [1.807, 2.05) is 24.0 Å². The van der Waals surface area contributed by atoms with Gasteiger partial charge in [-0.2, -0.15) is 0 Å². The van der Waals surface area contributed by atoms with Crippen molar-refractivity contribution >= 4 is 21.9 Å². The highest BCUT2D eigenvalue weighted by molar-refractivity contribution is 9.10. The van der Waals surface area contributed by atoms with Crippen LogP contribution < -0.4 is 5.32 Å². The zero-order chi connectivity index (χ0) is 13.1. The Kier molecular flexibility index (Phi) is 4.37. The second-order valence-electron chi connectivity index (χ2n) is 4.61. The summed E-state index contributed by atoms with van der Waals surface area (Å²) in [5.74, 6) is -0.754. The second-order valence-corrected chi connectivity index (χ2v) is 5.47. The summed E-state index contributed by atoms with van der Waals surface area (Å²) in [6.45, 7) is 4.86. The van der Waals surface area contributed by atoms with Crippen molar-refractivity contribution in [3.8, 4) is 0 Å². The summed E-state index contributed by atoms with van der Waals surface area (Å²) in [5, 5.41) is 12.3. The first-order valence-electron chi connectivity index (χ1n) is 6.00. The zero-order valence-corrected chi connectivity index (χ0v) is 11.9. The Balaban J connectivity index is 2.10. The first kappa shape index (κ1) is 13.5. The number of nitrogens with one attached hydrogen (secondary N) is 1. The highest BCUT2D eigenvalue weighted by Gasteiger charge is 2.28. The molecule has 0 spiro atoms. The molecule has 1 fully saturated rings. The predicted molar refractivity (Wildman–Crippen MR) is 73.6 cm³/mol. The summed E-state index contributed by atoms with van der Waals surface area (Å²) in [4.78, 5) is 13.2. The van der Waals surface area contributed by atoms with Gasteiger partial charge in [0.15, 0.2) is 0 Å². The molecule has 1 atom stereocenters. The van der Waals surface area contributed by atoms with Crippen molar-refractivity contribution in [2.24, 2.45) is 0 Å². The molecule has 2 N–H and O–H groups in total. The molecule has 1 aliphatic heterocycles. The number of benzene rings is 1. The third-order valence-corrected chi connectivity index (χ3v) is 4.14. The minimum Gasteiger partial charge on any atom is -0.480 e. The van der Waals surface area contributed by atoms with Crippen LogP contribution >= 0.6 is 15.9 Å². The molecule has 0 saturated carbocycles. The van der Waals surface area contributed by atoms with Gasteiger partial charge in [0.25, 0.3) is 0 Å². The van der Waals surface area contributed by atoms with Gasteiger partial charge in [-0.3, -0.25) is 9.69 Å². The molecule has 1 saturated heterocycles. The fourth-order valence-corrected chi connectivity index (χ4v) is 2.47. The van der Waals surface area contributed by atoms with Crippen molar-refractivity contribution < 1.29 is 9.90 Å². The fourth-order valence-electron chi connectivity index (χ4n) is 2.22. The van der Waals surface area contributed by atoms with Crippen LogP contribution in [0.1, 0.15) is 11.1 Å². The number of hydrogen-bond donors (Lipinski definition) is 2. The first-order chi connectivity index (χ1) is 8.58. The van der Waals surface area contributed by atoms with E-state index in [-0.39, 0.29) is 0 Å². The van der Waals surface area contributed by atoms with Gasteiger partial charge >= 0.3 is 5.97 Å². The largest absolute Gasteiger partial charge is 0.480 e. The summed E-state index contributed by atoms with van der Waals surface area (Å²) in [5.41, 5.74) is 2.33. The van der Waals surface area contributed by atoms with Crippen molar-refractivity contribution in [3.63, 3.8) is 0 Å². The van der Waals surface area contributed by atoms with Crippen molar-refractivity contribution in [2.75, 3.05) is 19.6 Å². The Morgan fingerprint density at radius 2 is 2.39 bits per heavy atom. The molecule has 0 aromatic heterocycles. The van der Waals surface area contributed by atoms with Crippen molar-refractivity contribution in [1.29, 1.82) is 0 Å². The molecular weight excluding hydrogens is 296 g/mol. The third kappa shape index (κ3) is 3.10. The van der Waals surface area contributed by atoms with Gasteiger partial charge in [0.1, 0.15) is 6.04 Å². The number of carboxylic acids is 1. The van der Waals surface area contributed by atoms with Crippen LogP contribution in [0.5, 0.6) is 0 Å². The summed E-state index contributed by atoms with van der Waals surface area (Å²) in [6, 6.07) is 5.73. The van der Waals surface area contributed by atoms with Crippen LogP contribution in [-0.4, -0.2) is 41.7 Å². The molecular formula is C13H17BrN2O2. The third-order valence-electron chi connectivity index (χ3n) is 3.25. The van der Waals surface area contributed by atoms with Crippen LogP contribution in [0, 0.1) is 6.92 Å². The number of aliphatic carboxylic acids is 1. The fraction of sp³-hybridized carbons (Fsp3) is 0.462. The lowest BCUT2D eigenvalue weighted by atomic mass is 10.1. The summed E-state index contributed by atoms with van der Waals surface area (Å²) in [7, 11) is 0. The van der Waals surface area contributed by atoms with E-state index in [2.05, 4.69) is 27.3 Å². The minimum atomic E-state index is -0.754. The van der Waals surface area contributed by atoms with Gasteiger partial charge in [-0.25, -0.2) is 0 Å². The number of aryl methyl sites for hydroxylation is 1. The average molecular weight is 313 g/mol. The molecule has 1 aromatic rings. The molecule has 98 valence electrons. The van der Waals surface area contributed by atoms with Crippen molar-refractivity contribution in [1.82, 2.24) is 10.2 Å². The second kappa shape index (κ2) is 5.82. The van der Waals surface area contributed by atoms with Gasteiger partial charge < -0.3 is 10.4 Å². The molecule has 0 radical (unpaired) electrons. The van der Waals surface area contributed by atoms with E-state index in [9.17, 15) is 9.90 Å². The monoisotopic (exact) mass is 312 g/mol. The number of piperazine rings is 1. The molecule has 0 amide bonds. The van der Waals surface area contributed by atoms with E-state index in [1.54, 1.807) is 0 Å². The molecule has 0 bridgehead atoms. The maximum Gasteiger partial charge on any atom is 0.322 e. The summed E-state index contributed by atoms with van der Waals surface area (Å²) in [6.07, 6.45) is 0. The number of carboxylic acid groups (broad SMARTS) is 1. The molecule has 0 aliphatic carbocycles. The minimum absolute atomic E-state index is 0.428. The molecule has 2 rings (SSSR count). The van der Waals surface area contributed by atoms with Crippen LogP contribution in [0.25, 0.3) is 0 Å². The maximum absolute atomic E-state index is 11.2. The van der Waals surface area contributed by atoms with Crippen LogP contribution in [0.4, 0.5) is 0 Å². The number of nitrogens with zero attached hydrogens (tertiary/aromatic N) is 1. The van der Waals surface area contributed by atoms with E-state index in [4.69, 9.17) is 0 Å². The van der Waals surface area contributed by atoms with E-state index >= 15 is 0 Å². The molecule has 4 nitrogen and oxygen atoms in total. The van der Waals surface area contributed by atoms with Gasteiger partial charge in [-0.1, -0.05) is 28.1 Å². The molecule has 5 heteroatoms. The number of hydrogen-bond acceptors (Lipinski definition) is 3. The van der Waals surface area contributed by atoms with Gasteiger partial charge in [0.05, 0.1) is 0 Å². The molecule has 1 unspecified atom stereocenters. The molecule has 1 aromatic carbocycles. The van der Waals surface area contributed by atoms with Crippen molar-refractivity contribution in [3.05, 3.63) is 33.8 Å². The standard InChI is InChI=1S/C13H17BrN2O2/c1-9-6-10(2-3-11(9)14)8-16-5-4-15-7-12(16)13(17)18/h2-3,6,12,15H,4-5,7-8H2,1H3,(H,17,18). The quantitative estimate of drug-likeness (QED) is 0.890. The summed E-state index contributed by atoms with van der Waals surface area (Å²) >= 11 is 3.47. The van der Waals surface area contributed by atoms with Crippen LogP contribution in [0.15, 0.2) is 22.7 Å². The lowest BCUT2D eigenvalue weighted by molar-refractivity contribution is -0.144. The highest BCUT2D eigenvalue weighted by Crippen LogP contribution is 2.19. The molecule has 1 aliphatic rings. The van der Waals surface area contributed by atoms with Gasteiger partial charge in [0.2, 0.25) is 0 Å². The SMILES string of the molecule is Cc1cc(CN2CCNCC2C(=O)O)ccc1Br. The van der Waals surface area contributed by atoms with Crippen LogP contribution in [0.3, 0.4) is 0 Å². The molecule has 18 heavy (non-hydrogen) atoms. The van der Waals surface area contributed by atoms with E-state index in [0.717, 1.165) is 23.1 Å². The van der Waals surface area contributed by atoms with Crippen LogP contribution in [-0.2, 0) is 11.3 Å². The molecule has 1 heterocycles. The number of rotatable bonds is 3. The normalized spacial score (nSPS) is 20.9. The van der Waals surface area contributed by atoms with E-state index < -0.39 is 12.0 Å². The Morgan fingerprint density at radius 1 is 1.61 bits per heavy atom. The van der Waals surface area contributed by atoms with Gasteiger partial charge in [0, 0.05) is 30.7 Å². The van der Waals surface area contributed by atoms with Gasteiger partial charge in [-0.15, -0.1) is 0 Å². The number of carbonyl (C=O) groups is 1. The lowest BCUT2D eigenvalue weighted by Crippen LogP contribution is -2.54.